The summed E-state index contributed by atoms with van der Waals surface area (Å²) >= 11 is 0. The van der Waals surface area contributed by atoms with Crippen molar-refractivity contribution in [2.45, 2.75) is 74.4 Å². The maximum absolute atomic E-state index is 13.9. The molecule has 5 heterocycles. The number of likely N-dealkylation sites (tertiary alicyclic amines) is 1. The van der Waals surface area contributed by atoms with Gasteiger partial charge in [0.1, 0.15) is 5.75 Å². The SMILES string of the molecule is O=C1CC[C@H](c2ccc(N3CCC(CCN4CCC(S(=O)(=O)NCC5(c6ccccc6)CCN(c6cnnc(-c7ccccc7O)c6)CC5)CC4)CC3)cc2)C(=O)N1. The number of phenols is 1. The fourth-order valence-corrected chi connectivity index (χ4v) is 11.0. The largest absolute Gasteiger partial charge is 0.507 e. The first kappa shape index (κ1) is 40.0. The van der Waals surface area contributed by atoms with Crippen molar-refractivity contribution in [1.29, 1.82) is 0 Å². The van der Waals surface area contributed by atoms with Crippen molar-refractivity contribution in [3.8, 4) is 17.0 Å². The molecule has 0 radical (unpaired) electrons. The molecule has 4 aliphatic rings. The molecule has 12 nitrogen and oxygen atoms in total. The molecule has 2 amide bonds. The average Bonchev–Trinajstić information content (AvgIpc) is 3.26. The van der Waals surface area contributed by atoms with Gasteiger partial charge in [-0.15, -0.1) is 0 Å². The molecular weight excluding hydrogens is 751 g/mol. The Bertz CT molecular complexity index is 2150. The number of para-hydroxylation sites is 1. The van der Waals surface area contributed by atoms with E-state index in [1.807, 2.05) is 48.5 Å². The second-order valence-corrected chi connectivity index (χ2v) is 18.7. The molecule has 4 aromatic rings. The van der Waals surface area contributed by atoms with Gasteiger partial charge in [0, 0.05) is 55.8 Å². The van der Waals surface area contributed by atoms with Crippen LogP contribution in [0, 0.1) is 5.92 Å². The highest BCUT2D eigenvalue weighted by atomic mass is 32.2. The fraction of sp³-hybridized carbons (Fsp3) is 0.467. The van der Waals surface area contributed by atoms with E-state index in [0.717, 1.165) is 94.7 Å². The lowest BCUT2D eigenvalue weighted by atomic mass is 9.73. The minimum atomic E-state index is -3.51. The number of sulfonamides is 1. The van der Waals surface area contributed by atoms with Gasteiger partial charge in [-0.2, -0.15) is 10.2 Å². The van der Waals surface area contributed by atoms with Crippen LogP contribution in [0.25, 0.3) is 11.3 Å². The third-order valence-electron chi connectivity index (χ3n) is 13.2. The molecule has 8 rings (SSSR count). The van der Waals surface area contributed by atoms with Gasteiger partial charge >= 0.3 is 0 Å². The van der Waals surface area contributed by atoms with Crippen LogP contribution in [0.1, 0.15) is 74.8 Å². The van der Waals surface area contributed by atoms with Gasteiger partial charge in [0.2, 0.25) is 21.8 Å². The number of nitrogens with zero attached hydrogens (tertiary/aromatic N) is 5. The maximum Gasteiger partial charge on any atom is 0.234 e. The topological polar surface area (TPSA) is 148 Å². The highest BCUT2D eigenvalue weighted by Crippen LogP contribution is 2.38. The van der Waals surface area contributed by atoms with Crippen molar-refractivity contribution in [1.82, 2.24) is 25.1 Å². The number of piperidine rings is 4. The van der Waals surface area contributed by atoms with Crippen molar-refractivity contribution >= 4 is 33.2 Å². The first-order valence-electron chi connectivity index (χ1n) is 21.0. The predicted octanol–water partition coefficient (Wildman–Crippen LogP) is 5.60. The van der Waals surface area contributed by atoms with Gasteiger partial charge in [0.25, 0.3) is 0 Å². The number of imide groups is 1. The highest BCUT2D eigenvalue weighted by molar-refractivity contribution is 7.90. The van der Waals surface area contributed by atoms with Crippen LogP contribution in [0.5, 0.6) is 5.75 Å². The van der Waals surface area contributed by atoms with Crippen molar-refractivity contribution in [3.63, 3.8) is 0 Å². The third-order valence-corrected chi connectivity index (χ3v) is 15.1. The quantitative estimate of drug-likeness (QED) is 0.155. The van der Waals surface area contributed by atoms with Crippen LogP contribution in [0.4, 0.5) is 11.4 Å². The molecule has 0 aliphatic carbocycles. The van der Waals surface area contributed by atoms with E-state index in [1.54, 1.807) is 18.3 Å². The Morgan fingerprint density at radius 2 is 1.48 bits per heavy atom. The zero-order valence-electron chi connectivity index (χ0n) is 33.1. The number of anilines is 2. The van der Waals surface area contributed by atoms with Gasteiger partial charge in [-0.3, -0.25) is 14.9 Å². The maximum atomic E-state index is 13.9. The van der Waals surface area contributed by atoms with E-state index in [4.69, 9.17) is 0 Å². The Labute approximate surface area is 342 Å². The normalized spacial score (nSPS) is 21.2. The summed E-state index contributed by atoms with van der Waals surface area (Å²) in [6.45, 7) is 6.43. The number of hydrogen-bond acceptors (Lipinski definition) is 10. The summed E-state index contributed by atoms with van der Waals surface area (Å²) in [6.07, 6.45) is 8.93. The molecule has 0 saturated carbocycles. The van der Waals surface area contributed by atoms with Crippen LogP contribution in [-0.2, 0) is 25.0 Å². The molecule has 4 saturated heterocycles. The van der Waals surface area contributed by atoms with Crippen molar-refractivity contribution in [3.05, 3.63) is 102 Å². The Hall–Kier alpha value is -4.85. The fourth-order valence-electron chi connectivity index (χ4n) is 9.48. The summed E-state index contributed by atoms with van der Waals surface area (Å²) in [7, 11) is -3.51. The predicted molar refractivity (Wildman–Crippen MR) is 226 cm³/mol. The standard InChI is InChI=1S/C45H55N7O5S/c53-42-9-5-4-8-40(42)41-30-37(31-46-49-41)52-28-21-45(22-29-52,35-6-2-1-3-7-35)32-47-58(56,57)38-19-24-50(25-20-38)23-16-33-17-26-51(27-18-33)36-12-10-34(11-13-36)39-14-15-43(54)48-44(39)55/h1-13,30-31,33,38-39,47,53H,14-29,32H2,(H,48,54,55)/t39-/m1/s1. The minimum absolute atomic E-state index is 0.164. The van der Waals surface area contributed by atoms with Gasteiger partial charge in [-0.25, -0.2) is 13.1 Å². The first-order valence-corrected chi connectivity index (χ1v) is 22.5. The second kappa shape index (κ2) is 17.6. The van der Waals surface area contributed by atoms with Crippen LogP contribution < -0.4 is 19.8 Å². The highest BCUT2D eigenvalue weighted by Gasteiger charge is 2.39. The molecule has 58 heavy (non-hydrogen) atoms. The van der Waals surface area contributed by atoms with Crippen LogP contribution in [0.15, 0.2) is 91.1 Å². The number of nitrogens with one attached hydrogen (secondary N) is 2. The Morgan fingerprint density at radius 1 is 0.793 bits per heavy atom. The number of carbonyl (C=O) groups is 2. The molecule has 0 bridgehead atoms. The number of benzene rings is 3. The molecule has 13 heteroatoms. The van der Waals surface area contributed by atoms with Gasteiger partial charge in [0.05, 0.1) is 28.7 Å². The molecule has 306 valence electrons. The van der Waals surface area contributed by atoms with E-state index in [9.17, 15) is 23.1 Å². The molecule has 3 aromatic carbocycles. The number of phenolic OH excluding ortho intramolecular Hbond substituents is 1. The second-order valence-electron chi connectivity index (χ2n) is 16.7. The smallest absolute Gasteiger partial charge is 0.234 e. The summed E-state index contributed by atoms with van der Waals surface area (Å²) in [6, 6.07) is 27.7. The zero-order chi connectivity index (χ0) is 40.1. The van der Waals surface area contributed by atoms with Crippen LogP contribution in [0.3, 0.4) is 0 Å². The van der Waals surface area contributed by atoms with Crippen molar-refractivity contribution < 1.29 is 23.1 Å². The average molecular weight is 806 g/mol. The number of carbonyl (C=O) groups excluding carboxylic acids is 2. The molecule has 1 aromatic heterocycles. The van der Waals surface area contributed by atoms with E-state index in [1.165, 1.54) is 5.69 Å². The van der Waals surface area contributed by atoms with E-state index >= 15 is 0 Å². The lowest BCUT2D eigenvalue weighted by molar-refractivity contribution is -0.134. The third kappa shape index (κ3) is 9.06. The minimum Gasteiger partial charge on any atom is -0.507 e. The van der Waals surface area contributed by atoms with Gasteiger partial charge in [-0.1, -0.05) is 54.6 Å². The van der Waals surface area contributed by atoms with Gasteiger partial charge < -0.3 is 19.8 Å². The van der Waals surface area contributed by atoms with E-state index in [2.05, 4.69) is 59.2 Å². The lowest BCUT2D eigenvalue weighted by Crippen LogP contribution is -2.51. The molecule has 1 atom stereocenters. The van der Waals surface area contributed by atoms with Crippen molar-refractivity contribution in [2.75, 3.05) is 62.2 Å². The van der Waals surface area contributed by atoms with Crippen molar-refractivity contribution in [2.24, 2.45) is 5.92 Å². The number of amides is 2. The summed E-state index contributed by atoms with van der Waals surface area (Å²) in [5, 5.41) is 21.0. The first-order chi connectivity index (χ1) is 28.2. The number of rotatable bonds is 12. The molecule has 3 N–H and O–H groups in total. The van der Waals surface area contributed by atoms with Crippen LogP contribution in [-0.4, -0.2) is 98.0 Å². The van der Waals surface area contributed by atoms with E-state index < -0.39 is 15.3 Å². The monoisotopic (exact) mass is 805 g/mol. The number of aromatic hydroxyl groups is 1. The zero-order valence-corrected chi connectivity index (χ0v) is 34.0. The van der Waals surface area contributed by atoms with E-state index in [-0.39, 0.29) is 28.9 Å². The molecule has 0 unspecified atom stereocenters. The summed E-state index contributed by atoms with van der Waals surface area (Å²) in [5.74, 6) is 0.167. The number of hydrogen-bond donors (Lipinski definition) is 3. The molecule has 4 fully saturated rings. The Kier molecular flexibility index (Phi) is 12.1. The molecule has 0 spiro atoms. The Balaban J connectivity index is 0.798. The summed E-state index contributed by atoms with van der Waals surface area (Å²) in [4.78, 5) is 31.0. The van der Waals surface area contributed by atoms with Crippen LogP contribution >= 0.6 is 0 Å². The summed E-state index contributed by atoms with van der Waals surface area (Å²) < 4.78 is 30.8. The van der Waals surface area contributed by atoms with Gasteiger partial charge in [-0.05, 0) is 118 Å². The number of aromatic nitrogens is 2. The Morgan fingerprint density at radius 3 is 2.19 bits per heavy atom. The molecular formula is C45H55N7O5S. The van der Waals surface area contributed by atoms with Crippen LogP contribution in [0.2, 0.25) is 0 Å². The van der Waals surface area contributed by atoms with Gasteiger partial charge in [0.15, 0.2) is 0 Å². The lowest BCUT2D eigenvalue weighted by Gasteiger charge is -2.43. The molecule has 4 aliphatic heterocycles. The van der Waals surface area contributed by atoms with E-state index in [0.29, 0.717) is 49.4 Å². The summed E-state index contributed by atoms with van der Waals surface area (Å²) in [5.41, 5.74) is 5.15.